The zero-order chi connectivity index (χ0) is 29.7. The maximum atomic E-state index is 6.38. The first-order valence-corrected chi connectivity index (χ1v) is 15.9. The number of anilines is 3. The number of hydrogen-bond acceptors (Lipinski definition) is 4. The predicted octanol–water partition coefficient (Wildman–Crippen LogP) is 12.2. The van der Waals surface area contributed by atoms with Crippen LogP contribution >= 0.6 is 11.3 Å². The number of aromatic nitrogens is 1. The number of rotatable bonds is 5. The van der Waals surface area contributed by atoms with E-state index < -0.39 is 0 Å². The molecular weight excluding hydrogens is 569 g/mol. The number of hydrogen-bond donors (Lipinski definition) is 0. The van der Waals surface area contributed by atoms with Crippen LogP contribution in [0.25, 0.3) is 64.6 Å². The molecular formula is C41H26N2OS. The van der Waals surface area contributed by atoms with E-state index in [9.17, 15) is 0 Å². The van der Waals surface area contributed by atoms with Crippen molar-refractivity contribution in [2.24, 2.45) is 0 Å². The molecule has 7 aromatic carbocycles. The Balaban J connectivity index is 1.17. The molecule has 0 N–H and O–H groups in total. The normalized spacial score (nSPS) is 11.6. The Morgan fingerprint density at radius 3 is 1.98 bits per heavy atom. The maximum Gasteiger partial charge on any atom is 0.137 e. The van der Waals surface area contributed by atoms with E-state index in [2.05, 4.69) is 150 Å². The summed E-state index contributed by atoms with van der Waals surface area (Å²) in [5.74, 6) is 0. The van der Waals surface area contributed by atoms with Gasteiger partial charge < -0.3 is 9.32 Å². The highest BCUT2D eigenvalue weighted by molar-refractivity contribution is 7.22. The first kappa shape index (κ1) is 25.8. The lowest BCUT2D eigenvalue weighted by molar-refractivity contribution is 0.669. The molecule has 0 aliphatic rings. The van der Waals surface area contributed by atoms with Crippen molar-refractivity contribution >= 4 is 71.3 Å². The number of benzene rings is 7. The van der Waals surface area contributed by atoms with Gasteiger partial charge in [0.1, 0.15) is 16.2 Å². The van der Waals surface area contributed by atoms with Crippen LogP contribution in [0.1, 0.15) is 0 Å². The zero-order valence-corrected chi connectivity index (χ0v) is 25.0. The first-order valence-electron chi connectivity index (χ1n) is 15.0. The van der Waals surface area contributed by atoms with Gasteiger partial charge in [0, 0.05) is 33.4 Å². The second kappa shape index (κ2) is 10.5. The smallest absolute Gasteiger partial charge is 0.137 e. The van der Waals surface area contributed by atoms with E-state index in [-0.39, 0.29) is 0 Å². The van der Waals surface area contributed by atoms with Gasteiger partial charge in [-0.15, -0.1) is 11.3 Å². The molecule has 212 valence electrons. The van der Waals surface area contributed by atoms with Gasteiger partial charge in [-0.1, -0.05) is 97.1 Å². The highest BCUT2D eigenvalue weighted by atomic mass is 32.1. The van der Waals surface area contributed by atoms with Crippen molar-refractivity contribution in [1.29, 1.82) is 0 Å². The van der Waals surface area contributed by atoms with Gasteiger partial charge in [-0.3, -0.25) is 0 Å². The number of para-hydroxylation sites is 1. The van der Waals surface area contributed by atoms with E-state index in [1.54, 1.807) is 11.3 Å². The highest BCUT2D eigenvalue weighted by Crippen LogP contribution is 2.43. The average Bonchev–Trinajstić information content (AvgIpc) is 3.71. The van der Waals surface area contributed by atoms with Crippen molar-refractivity contribution in [1.82, 2.24) is 4.98 Å². The van der Waals surface area contributed by atoms with Crippen molar-refractivity contribution < 1.29 is 4.42 Å². The molecule has 0 bridgehead atoms. The Labute approximate surface area is 264 Å². The fraction of sp³-hybridized carbons (Fsp3) is 0. The summed E-state index contributed by atoms with van der Waals surface area (Å²) in [5, 5.41) is 5.72. The molecule has 9 rings (SSSR count). The van der Waals surface area contributed by atoms with Crippen LogP contribution in [0.2, 0.25) is 0 Å². The molecule has 0 radical (unpaired) electrons. The largest absolute Gasteiger partial charge is 0.456 e. The topological polar surface area (TPSA) is 29.3 Å². The quantitative estimate of drug-likeness (QED) is 0.198. The van der Waals surface area contributed by atoms with E-state index >= 15 is 0 Å². The van der Waals surface area contributed by atoms with Gasteiger partial charge in [0.15, 0.2) is 0 Å². The highest BCUT2D eigenvalue weighted by Gasteiger charge is 2.18. The molecule has 4 heteroatoms. The van der Waals surface area contributed by atoms with Crippen LogP contribution in [0.3, 0.4) is 0 Å². The van der Waals surface area contributed by atoms with Crippen molar-refractivity contribution in [3.05, 3.63) is 158 Å². The second-order valence-corrected chi connectivity index (χ2v) is 12.2. The van der Waals surface area contributed by atoms with E-state index in [0.29, 0.717) is 0 Å². The SMILES string of the molecule is c1ccc(-c2nc3ccc4oc5ccc(N(c6ccccc6)c6ccc(-c7ccc8ccccc8c7)cc6)cc5c4c3s2)cc1. The maximum absolute atomic E-state index is 6.38. The zero-order valence-electron chi connectivity index (χ0n) is 24.2. The standard InChI is InChI=1S/C41H26N2OS/c1-3-10-29(11-4-1)41-42-36-22-24-38-39(40(36)45-41)35-26-34(21-23-37(35)44-38)43(32-13-5-2-6-14-32)33-19-17-28(18-20-33)31-16-15-27-9-7-8-12-30(27)25-31/h1-26H. The van der Waals surface area contributed by atoms with Gasteiger partial charge in [-0.2, -0.15) is 0 Å². The van der Waals surface area contributed by atoms with E-state index in [0.717, 1.165) is 59.8 Å². The molecule has 0 saturated carbocycles. The van der Waals surface area contributed by atoms with Crippen LogP contribution in [0, 0.1) is 0 Å². The van der Waals surface area contributed by atoms with Crippen molar-refractivity contribution in [2.75, 3.05) is 4.90 Å². The van der Waals surface area contributed by atoms with E-state index in [1.807, 2.05) is 12.1 Å². The lowest BCUT2D eigenvalue weighted by Gasteiger charge is -2.25. The summed E-state index contributed by atoms with van der Waals surface area (Å²) in [7, 11) is 0. The second-order valence-electron chi connectivity index (χ2n) is 11.2. The van der Waals surface area contributed by atoms with Crippen LogP contribution < -0.4 is 4.90 Å². The Kier molecular flexibility index (Phi) is 6.00. The summed E-state index contributed by atoms with van der Waals surface area (Å²) >= 11 is 1.72. The lowest BCUT2D eigenvalue weighted by atomic mass is 10.0. The molecule has 9 aromatic rings. The number of thiazole rings is 1. The van der Waals surface area contributed by atoms with Gasteiger partial charge in [0.25, 0.3) is 0 Å². The summed E-state index contributed by atoms with van der Waals surface area (Å²) in [4.78, 5) is 7.30. The van der Waals surface area contributed by atoms with Crippen molar-refractivity contribution in [2.45, 2.75) is 0 Å². The van der Waals surface area contributed by atoms with Crippen LogP contribution in [0.5, 0.6) is 0 Å². The number of fused-ring (bicyclic) bond motifs is 6. The van der Waals surface area contributed by atoms with Gasteiger partial charge in [-0.05, 0) is 82.6 Å². The molecule has 0 unspecified atom stereocenters. The Bertz CT molecular complexity index is 2480. The summed E-state index contributed by atoms with van der Waals surface area (Å²) < 4.78 is 7.52. The first-order chi connectivity index (χ1) is 22.3. The third-order valence-corrected chi connectivity index (χ3v) is 9.61. The minimum absolute atomic E-state index is 0.871. The predicted molar refractivity (Wildman–Crippen MR) is 190 cm³/mol. The number of nitrogens with zero attached hydrogens (tertiary/aromatic N) is 2. The molecule has 0 amide bonds. The molecule has 0 fully saturated rings. The summed E-state index contributed by atoms with van der Waals surface area (Å²) in [6, 6.07) is 55.6. The van der Waals surface area contributed by atoms with Crippen molar-refractivity contribution in [3.63, 3.8) is 0 Å². The third-order valence-electron chi connectivity index (χ3n) is 8.47. The summed E-state index contributed by atoms with van der Waals surface area (Å²) in [5.41, 5.74) is 9.52. The van der Waals surface area contributed by atoms with E-state index in [4.69, 9.17) is 9.40 Å². The third kappa shape index (κ3) is 4.46. The van der Waals surface area contributed by atoms with E-state index in [1.165, 1.54) is 21.9 Å². The van der Waals surface area contributed by atoms with Gasteiger partial charge in [-0.25, -0.2) is 4.98 Å². The van der Waals surface area contributed by atoms with Crippen LogP contribution in [-0.4, -0.2) is 4.98 Å². The summed E-state index contributed by atoms with van der Waals surface area (Å²) in [6.45, 7) is 0. The van der Waals surface area contributed by atoms with Gasteiger partial charge >= 0.3 is 0 Å². The van der Waals surface area contributed by atoms with Gasteiger partial charge in [0.05, 0.1) is 10.2 Å². The molecule has 2 aromatic heterocycles. The molecule has 2 heterocycles. The molecule has 0 saturated heterocycles. The average molecular weight is 595 g/mol. The Morgan fingerprint density at radius 1 is 0.489 bits per heavy atom. The van der Waals surface area contributed by atoms with Crippen LogP contribution in [-0.2, 0) is 0 Å². The molecule has 45 heavy (non-hydrogen) atoms. The van der Waals surface area contributed by atoms with Gasteiger partial charge in [0.2, 0.25) is 0 Å². The van der Waals surface area contributed by atoms with Crippen LogP contribution in [0.15, 0.2) is 162 Å². The molecule has 3 nitrogen and oxygen atoms in total. The van der Waals surface area contributed by atoms with Crippen molar-refractivity contribution in [3.8, 4) is 21.7 Å². The Morgan fingerprint density at radius 2 is 1.16 bits per heavy atom. The molecule has 0 spiro atoms. The monoisotopic (exact) mass is 594 g/mol. The lowest BCUT2D eigenvalue weighted by Crippen LogP contribution is -2.09. The Hall–Kier alpha value is -5.71. The minimum Gasteiger partial charge on any atom is -0.456 e. The molecule has 0 aliphatic heterocycles. The summed E-state index contributed by atoms with van der Waals surface area (Å²) in [6.07, 6.45) is 0. The fourth-order valence-electron chi connectivity index (χ4n) is 6.27. The number of furan rings is 1. The van der Waals surface area contributed by atoms with Crippen LogP contribution in [0.4, 0.5) is 17.1 Å². The minimum atomic E-state index is 0.871. The fourth-order valence-corrected chi connectivity index (χ4v) is 7.40. The molecule has 0 aliphatic carbocycles. The molecule has 0 atom stereocenters.